The SMILES string of the molecule is COC1CCN(c2cccc(C3CCC4(CCCC4)CC3)c2)CC1. The average molecular weight is 328 g/mol. The molecule has 1 aromatic rings. The lowest BCUT2D eigenvalue weighted by atomic mass is 9.68. The van der Waals surface area contributed by atoms with Crippen LogP contribution in [0.3, 0.4) is 0 Å². The highest BCUT2D eigenvalue weighted by Crippen LogP contribution is 2.52. The van der Waals surface area contributed by atoms with E-state index in [9.17, 15) is 0 Å². The molecule has 1 saturated heterocycles. The summed E-state index contributed by atoms with van der Waals surface area (Å²) in [4.78, 5) is 2.56. The van der Waals surface area contributed by atoms with Gasteiger partial charge >= 0.3 is 0 Å². The third-order valence-corrected chi connectivity index (χ3v) is 7.19. The highest BCUT2D eigenvalue weighted by atomic mass is 16.5. The predicted molar refractivity (Wildman–Crippen MR) is 101 cm³/mol. The molecule has 1 aromatic carbocycles. The number of piperidine rings is 1. The largest absolute Gasteiger partial charge is 0.381 e. The van der Waals surface area contributed by atoms with Crippen molar-refractivity contribution >= 4 is 5.69 Å². The Morgan fingerprint density at radius 1 is 0.958 bits per heavy atom. The Bertz CT molecular complexity index is 531. The molecule has 0 aromatic heterocycles. The number of hydrogen-bond acceptors (Lipinski definition) is 2. The van der Waals surface area contributed by atoms with Crippen molar-refractivity contribution < 1.29 is 4.74 Å². The van der Waals surface area contributed by atoms with Crippen LogP contribution >= 0.6 is 0 Å². The smallest absolute Gasteiger partial charge is 0.0605 e. The fourth-order valence-electron chi connectivity index (χ4n) is 5.51. The lowest BCUT2D eigenvalue weighted by Crippen LogP contribution is -2.36. The van der Waals surface area contributed by atoms with Gasteiger partial charge in [-0.3, -0.25) is 0 Å². The van der Waals surface area contributed by atoms with Crippen molar-refractivity contribution in [3.05, 3.63) is 29.8 Å². The van der Waals surface area contributed by atoms with Gasteiger partial charge in [0.15, 0.2) is 0 Å². The van der Waals surface area contributed by atoms with Crippen LogP contribution in [0.5, 0.6) is 0 Å². The maximum atomic E-state index is 5.51. The summed E-state index contributed by atoms with van der Waals surface area (Å²) < 4.78 is 5.51. The van der Waals surface area contributed by atoms with E-state index in [0.29, 0.717) is 6.10 Å². The third-order valence-electron chi connectivity index (χ3n) is 7.19. The van der Waals surface area contributed by atoms with Gasteiger partial charge in [-0.2, -0.15) is 0 Å². The molecule has 0 N–H and O–H groups in total. The molecule has 0 amide bonds. The van der Waals surface area contributed by atoms with Gasteiger partial charge in [0.25, 0.3) is 0 Å². The first kappa shape index (κ1) is 16.4. The van der Waals surface area contributed by atoms with Crippen LogP contribution in [0.25, 0.3) is 0 Å². The van der Waals surface area contributed by atoms with E-state index in [1.54, 1.807) is 5.56 Å². The Kier molecular flexibility index (Phi) is 4.85. The second-order valence-corrected chi connectivity index (χ2v) is 8.50. The summed E-state index contributed by atoms with van der Waals surface area (Å²) >= 11 is 0. The molecule has 3 aliphatic rings. The third kappa shape index (κ3) is 3.35. The van der Waals surface area contributed by atoms with Gasteiger partial charge in [0, 0.05) is 25.9 Å². The molecule has 4 rings (SSSR count). The van der Waals surface area contributed by atoms with Gasteiger partial charge in [-0.15, -0.1) is 0 Å². The number of benzene rings is 1. The van der Waals surface area contributed by atoms with E-state index in [0.717, 1.165) is 37.3 Å². The minimum atomic E-state index is 0.463. The Balaban J connectivity index is 1.40. The zero-order valence-corrected chi connectivity index (χ0v) is 15.3. The molecule has 2 saturated carbocycles. The molecule has 0 unspecified atom stereocenters. The van der Waals surface area contributed by atoms with Crippen LogP contribution in [0.4, 0.5) is 5.69 Å². The van der Waals surface area contributed by atoms with Crippen LogP contribution in [-0.4, -0.2) is 26.3 Å². The summed E-state index contributed by atoms with van der Waals surface area (Å²) in [6, 6.07) is 9.46. The Labute approximate surface area is 147 Å². The monoisotopic (exact) mass is 327 g/mol. The molecule has 2 aliphatic carbocycles. The van der Waals surface area contributed by atoms with Gasteiger partial charge in [0.05, 0.1) is 6.10 Å². The van der Waals surface area contributed by atoms with Crippen LogP contribution in [0.1, 0.15) is 75.7 Å². The maximum Gasteiger partial charge on any atom is 0.0605 e. The number of ether oxygens (including phenoxy) is 1. The van der Waals surface area contributed by atoms with E-state index in [1.807, 2.05) is 7.11 Å². The Morgan fingerprint density at radius 3 is 2.33 bits per heavy atom. The van der Waals surface area contributed by atoms with Gasteiger partial charge < -0.3 is 9.64 Å². The topological polar surface area (TPSA) is 12.5 Å². The molecular weight excluding hydrogens is 294 g/mol. The standard InChI is InChI=1S/C22H33NO/c1-24-21-9-15-23(16-10-21)20-6-4-5-19(17-20)18-7-13-22(14-8-18)11-2-3-12-22/h4-6,17-18,21H,2-3,7-16H2,1H3. The molecule has 0 radical (unpaired) electrons. The maximum absolute atomic E-state index is 5.51. The van der Waals surface area contributed by atoms with Crippen molar-refractivity contribution in [2.24, 2.45) is 5.41 Å². The quantitative estimate of drug-likeness (QED) is 0.725. The lowest BCUT2D eigenvalue weighted by Gasteiger charge is -2.38. The molecule has 3 fully saturated rings. The average Bonchev–Trinajstić information content (AvgIpc) is 3.10. The van der Waals surface area contributed by atoms with Crippen LogP contribution in [0.2, 0.25) is 0 Å². The lowest BCUT2D eigenvalue weighted by molar-refractivity contribution is 0.0819. The minimum absolute atomic E-state index is 0.463. The summed E-state index contributed by atoms with van der Waals surface area (Å²) in [5, 5.41) is 0. The van der Waals surface area contributed by atoms with Crippen LogP contribution in [0.15, 0.2) is 24.3 Å². The van der Waals surface area contributed by atoms with Crippen LogP contribution in [0, 0.1) is 5.41 Å². The van der Waals surface area contributed by atoms with Crippen LogP contribution in [-0.2, 0) is 4.74 Å². The number of hydrogen-bond donors (Lipinski definition) is 0. The molecule has 0 atom stereocenters. The van der Waals surface area contributed by atoms with E-state index < -0.39 is 0 Å². The molecule has 0 bridgehead atoms. The highest BCUT2D eigenvalue weighted by Gasteiger charge is 2.37. The second kappa shape index (κ2) is 7.07. The van der Waals surface area contributed by atoms with Crippen molar-refractivity contribution in [1.29, 1.82) is 0 Å². The zero-order chi connectivity index (χ0) is 16.4. The summed E-state index contributed by atoms with van der Waals surface area (Å²) in [6.07, 6.45) is 14.5. The minimum Gasteiger partial charge on any atom is -0.381 e. The van der Waals surface area contributed by atoms with E-state index in [4.69, 9.17) is 4.74 Å². The van der Waals surface area contributed by atoms with Gasteiger partial charge in [-0.05, 0) is 80.4 Å². The summed E-state index contributed by atoms with van der Waals surface area (Å²) in [6.45, 7) is 2.27. The fraction of sp³-hybridized carbons (Fsp3) is 0.727. The van der Waals surface area contributed by atoms with Gasteiger partial charge in [0.2, 0.25) is 0 Å². The summed E-state index contributed by atoms with van der Waals surface area (Å²) in [7, 11) is 1.85. The van der Waals surface area contributed by atoms with Crippen LogP contribution < -0.4 is 4.90 Å². The second-order valence-electron chi connectivity index (χ2n) is 8.50. The zero-order valence-electron chi connectivity index (χ0n) is 15.3. The molecular formula is C22H33NO. The predicted octanol–water partition coefficient (Wildman–Crippen LogP) is 5.52. The van der Waals surface area contributed by atoms with Crippen molar-refractivity contribution in [2.75, 3.05) is 25.1 Å². The molecule has 2 heteroatoms. The van der Waals surface area contributed by atoms with E-state index in [1.165, 1.54) is 57.1 Å². The Morgan fingerprint density at radius 2 is 1.67 bits per heavy atom. The summed E-state index contributed by atoms with van der Waals surface area (Å²) in [5.41, 5.74) is 3.77. The highest BCUT2D eigenvalue weighted by molar-refractivity contribution is 5.49. The molecule has 1 spiro atoms. The van der Waals surface area contributed by atoms with Gasteiger partial charge in [-0.1, -0.05) is 25.0 Å². The molecule has 1 heterocycles. The van der Waals surface area contributed by atoms with Crippen molar-refractivity contribution in [2.45, 2.75) is 76.2 Å². The normalized spacial score (nSPS) is 25.5. The molecule has 24 heavy (non-hydrogen) atoms. The number of rotatable bonds is 3. The van der Waals surface area contributed by atoms with Gasteiger partial charge in [0.1, 0.15) is 0 Å². The first-order valence-corrected chi connectivity index (χ1v) is 10.2. The first-order valence-electron chi connectivity index (χ1n) is 10.2. The molecule has 1 aliphatic heterocycles. The number of anilines is 1. The van der Waals surface area contributed by atoms with E-state index >= 15 is 0 Å². The molecule has 2 nitrogen and oxygen atoms in total. The fourth-order valence-corrected chi connectivity index (χ4v) is 5.51. The summed E-state index contributed by atoms with van der Waals surface area (Å²) in [5.74, 6) is 0.799. The Hall–Kier alpha value is -1.02. The molecule has 132 valence electrons. The number of methoxy groups -OCH3 is 1. The first-order chi connectivity index (χ1) is 11.8. The van der Waals surface area contributed by atoms with E-state index in [2.05, 4.69) is 29.2 Å². The van der Waals surface area contributed by atoms with Crippen molar-refractivity contribution in [1.82, 2.24) is 0 Å². The number of nitrogens with zero attached hydrogens (tertiary/aromatic N) is 1. The van der Waals surface area contributed by atoms with Gasteiger partial charge in [-0.25, -0.2) is 0 Å². The van der Waals surface area contributed by atoms with E-state index in [-0.39, 0.29) is 0 Å². The van der Waals surface area contributed by atoms with Crippen molar-refractivity contribution in [3.8, 4) is 0 Å². The van der Waals surface area contributed by atoms with Crippen molar-refractivity contribution in [3.63, 3.8) is 0 Å².